The Labute approximate surface area is 186 Å². The summed E-state index contributed by atoms with van der Waals surface area (Å²) in [7, 11) is 1.20. The molecule has 3 rings (SSSR count). The van der Waals surface area contributed by atoms with Gasteiger partial charge in [0.25, 0.3) is 0 Å². The van der Waals surface area contributed by atoms with Gasteiger partial charge in [0, 0.05) is 0 Å². The van der Waals surface area contributed by atoms with E-state index in [9.17, 15) is 25.0 Å². The molecular weight excluding hydrogens is 469 g/mol. The number of hydrogen-bond acceptors (Lipinski definition) is 7. The summed E-state index contributed by atoms with van der Waals surface area (Å²) in [6, 6.07) is 14.5. The average Bonchev–Trinajstić information content (AvgIpc) is 2.77. The Bertz CT molecular complexity index is 1110. The maximum absolute atomic E-state index is 13.0. The van der Waals surface area contributed by atoms with Gasteiger partial charge in [-0.15, -0.1) is 0 Å². The Morgan fingerprint density at radius 1 is 1.10 bits per heavy atom. The minimum absolute atomic E-state index is 0.0433. The van der Waals surface area contributed by atoms with Crippen LogP contribution in [0.5, 0.6) is 0 Å². The first-order valence-electron chi connectivity index (χ1n) is 9.14. The van der Waals surface area contributed by atoms with Crippen molar-refractivity contribution in [1.82, 2.24) is 4.90 Å². The van der Waals surface area contributed by atoms with Crippen molar-refractivity contribution in [3.8, 4) is 0 Å². The van der Waals surface area contributed by atoms with Crippen molar-refractivity contribution >= 4 is 33.4 Å². The van der Waals surface area contributed by atoms with Gasteiger partial charge in [0.05, 0.1) is 0 Å². The van der Waals surface area contributed by atoms with E-state index >= 15 is 0 Å². The molecule has 1 aliphatic heterocycles. The quantitative estimate of drug-likeness (QED) is 0.266. The Morgan fingerprint density at radius 2 is 1.77 bits per heavy atom. The molecule has 1 aliphatic rings. The standard InChI is InChI=1S/C21H18N3O6Se/c1-13-19(24(28)29)17(15-9-6-10-16(11-15)23(26)27)18(21(25)30-2)20(22(13)12-31)14-7-4-3-5-8-14/h3-11,17H,12H2,1-2H3. The molecule has 9 nitrogen and oxygen atoms in total. The number of carbonyl (C=O) groups is 1. The molecule has 0 amide bonds. The number of nitrogens with zero attached hydrogens (tertiary/aromatic N) is 3. The van der Waals surface area contributed by atoms with Crippen LogP contribution < -0.4 is 0 Å². The van der Waals surface area contributed by atoms with Gasteiger partial charge in [-0.25, -0.2) is 0 Å². The van der Waals surface area contributed by atoms with Crippen LogP contribution in [0.4, 0.5) is 5.69 Å². The minimum atomic E-state index is -1.15. The van der Waals surface area contributed by atoms with E-state index in [1.165, 1.54) is 31.4 Å². The molecule has 0 aliphatic carbocycles. The zero-order valence-electron chi connectivity index (χ0n) is 16.7. The number of rotatable bonds is 6. The second-order valence-corrected chi connectivity index (χ2v) is 7.23. The molecule has 0 saturated carbocycles. The van der Waals surface area contributed by atoms with Crippen molar-refractivity contribution in [3.63, 3.8) is 0 Å². The number of benzene rings is 2. The maximum atomic E-state index is 13.0. The van der Waals surface area contributed by atoms with E-state index in [2.05, 4.69) is 16.0 Å². The van der Waals surface area contributed by atoms with Crippen molar-refractivity contribution in [2.45, 2.75) is 12.8 Å². The molecule has 0 spiro atoms. The van der Waals surface area contributed by atoms with E-state index < -0.39 is 21.7 Å². The van der Waals surface area contributed by atoms with Gasteiger partial charge in [-0.3, -0.25) is 0 Å². The summed E-state index contributed by atoms with van der Waals surface area (Å²) in [4.78, 5) is 37.0. The van der Waals surface area contributed by atoms with Gasteiger partial charge in [0.15, 0.2) is 0 Å². The van der Waals surface area contributed by atoms with Crippen molar-refractivity contribution in [1.29, 1.82) is 0 Å². The van der Waals surface area contributed by atoms with E-state index in [1.54, 1.807) is 36.1 Å². The summed E-state index contributed by atoms with van der Waals surface area (Å²) in [6.45, 7) is 1.59. The van der Waals surface area contributed by atoms with Crippen LogP contribution in [-0.4, -0.2) is 49.3 Å². The fourth-order valence-corrected chi connectivity index (χ4v) is 4.38. The zero-order chi connectivity index (χ0) is 22.7. The second kappa shape index (κ2) is 9.11. The number of hydrogen-bond donors (Lipinski definition) is 0. The summed E-state index contributed by atoms with van der Waals surface area (Å²) in [5, 5.41) is 23.4. The monoisotopic (exact) mass is 488 g/mol. The molecule has 0 saturated heterocycles. The summed E-state index contributed by atoms with van der Waals surface area (Å²) >= 11 is 2.85. The Morgan fingerprint density at radius 3 is 2.32 bits per heavy atom. The molecule has 1 heterocycles. The molecule has 159 valence electrons. The molecule has 0 fully saturated rings. The van der Waals surface area contributed by atoms with E-state index in [1.807, 2.05) is 6.07 Å². The first-order chi connectivity index (χ1) is 14.8. The molecule has 0 N–H and O–H groups in total. The van der Waals surface area contributed by atoms with Crippen molar-refractivity contribution in [3.05, 3.63) is 103 Å². The van der Waals surface area contributed by atoms with Crippen LogP contribution in [-0.2, 0) is 9.53 Å². The third-order valence-electron chi connectivity index (χ3n) is 5.06. The summed E-state index contributed by atoms with van der Waals surface area (Å²) in [5.41, 5.74) is 1.52. The Balaban J connectivity index is 2.42. The first kappa shape index (κ1) is 22.2. The Hall–Kier alpha value is -3.49. The van der Waals surface area contributed by atoms with E-state index in [-0.39, 0.29) is 28.0 Å². The zero-order valence-corrected chi connectivity index (χ0v) is 18.4. The fraction of sp³-hybridized carbons (Fsp3) is 0.190. The fourth-order valence-electron chi connectivity index (χ4n) is 3.71. The van der Waals surface area contributed by atoms with Crippen LogP contribution in [0.15, 0.2) is 71.6 Å². The summed E-state index contributed by atoms with van der Waals surface area (Å²) in [5.74, 6) is -1.90. The Kier molecular flexibility index (Phi) is 6.53. The number of allylic oxidation sites excluding steroid dienone is 2. The van der Waals surface area contributed by atoms with Crippen molar-refractivity contribution < 1.29 is 19.4 Å². The van der Waals surface area contributed by atoms with E-state index in [0.29, 0.717) is 17.0 Å². The van der Waals surface area contributed by atoms with Crippen LogP contribution in [0.25, 0.3) is 5.70 Å². The average molecular weight is 487 g/mol. The number of nitro groups is 2. The van der Waals surface area contributed by atoms with Crippen molar-refractivity contribution in [2.75, 3.05) is 12.6 Å². The molecule has 0 bridgehead atoms. The number of methoxy groups -OCH3 is 1. The molecule has 1 unspecified atom stereocenters. The predicted molar refractivity (Wildman–Crippen MR) is 113 cm³/mol. The number of non-ortho nitro benzene ring substituents is 1. The number of esters is 1. The summed E-state index contributed by atoms with van der Waals surface area (Å²) in [6.07, 6.45) is 0. The molecule has 31 heavy (non-hydrogen) atoms. The van der Waals surface area contributed by atoms with Gasteiger partial charge in [-0.05, 0) is 0 Å². The SMILES string of the molecule is COC(=O)C1=C(c2ccccc2)N(C[Se])C(C)=C([N+](=O)[O-])C1c1cccc([N+](=O)[O-])c1. The van der Waals surface area contributed by atoms with Gasteiger partial charge >= 0.3 is 186 Å². The van der Waals surface area contributed by atoms with Gasteiger partial charge < -0.3 is 0 Å². The van der Waals surface area contributed by atoms with Gasteiger partial charge in [-0.1, -0.05) is 0 Å². The van der Waals surface area contributed by atoms with Gasteiger partial charge in [0.2, 0.25) is 0 Å². The van der Waals surface area contributed by atoms with Gasteiger partial charge in [-0.2, -0.15) is 0 Å². The molecule has 1 radical (unpaired) electrons. The van der Waals surface area contributed by atoms with Crippen LogP contribution >= 0.6 is 0 Å². The van der Waals surface area contributed by atoms with Crippen LogP contribution in [0.3, 0.4) is 0 Å². The van der Waals surface area contributed by atoms with E-state index in [0.717, 1.165) is 0 Å². The molecule has 0 aromatic heterocycles. The van der Waals surface area contributed by atoms with Crippen LogP contribution in [0.2, 0.25) is 0 Å². The van der Waals surface area contributed by atoms with Gasteiger partial charge in [0.1, 0.15) is 0 Å². The van der Waals surface area contributed by atoms with E-state index in [4.69, 9.17) is 4.74 Å². The third kappa shape index (κ3) is 4.08. The number of ether oxygens (including phenoxy) is 1. The van der Waals surface area contributed by atoms with Crippen molar-refractivity contribution in [2.24, 2.45) is 0 Å². The second-order valence-electron chi connectivity index (χ2n) is 6.69. The van der Waals surface area contributed by atoms with Crippen LogP contribution in [0, 0.1) is 20.2 Å². The third-order valence-corrected chi connectivity index (χ3v) is 5.60. The molecule has 1 atom stereocenters. The number of carbonyl (C=O) groups excluding carboxylic acids is 1. The molecule has 10 heteroatoms. The molecule has 2 aromatic rings. The van der Waals surface area contributed by atoms with Crippen LogP contribution in [0.1, 0.15) is 24.0 Å². The first-order valence-corrected chi connectivity index (χ1v) is 10.4. The molecular formula is C21H18N3O6Se. The summed E-state index contributed by atoms with van der Waals surface area (Å²) < 4.78 is 5.01. The topological polar surface area (TPSA) is 116 Å². The normalized spacial score (nSPS) is 16.4. The molecule has 2 aromatic carbocycles. The number of nitro benzene ring substituents is 1. The predicted octanol–water partition coefficient (Wildman–Crippen LogP) is 3.21.